The molecule has 1 amide bonds. The Labute approximate surface area is 118 Å². The molecule has 1 fully saturated rings. The van der Waals surface area contributed by atoms with Gasteiger partial charge in [0.05, 0.1) is 17.3 Å². The van der Waals surface area contributed by atoms with E-state index in [1.165, 1.54) is 0 Å². The van der Waals surface area contributed by atoms with E-state index in [2.05, 4.69) is 18.8 Å². The molecular weight excluding hydrogens is 262 g/mol. The Hall–Kier alpha value is -1.29. The maximum absolute atomic E-state index is 12.1. The smallest absolute Gasteiger partial charge is 0.222 e. The van der Waals surface area contributed by atoms with Crippen LogP contribution in [0.5, 0.6) is 0 Å². The third kappa shape index (κ3) is 3.60. The monoisotopic (exact) mass is 281 g/mol. The van der Waals surface area contributed by atoms with E-state index in [1.807, 2.05) is 4.90 Å². The van der Waals surface area contributed by atoms with Gasteiger partial charge in [-0.25, -0.2) is 4.98 Å². The largest absolute Gasteiger partial charge is 0.384 e. The number of aromatic nitrogens is 1. The Balaban J connectivity index is 2.13. The zero-order valence-electron chi connectivity index (χ0n) is 11.4. The average Bonchev–Trinajstić information content (AvgIpc) is 2.47. The van der Waals surface area contributed by atoms with Crippen molar-refractivity contribution < 1.29 is 4.79 Å². The minimum absolute atomic E-state index is 0.172. The number of nitrogens with two attached hydrogens (primary N) is 1. The number of carbonyl (C=O) groups excluding carboxylic acids is 1. The molecule has 0 aromatic carbocycles. The van der Waals surface area contributed by atoms with Gasteiger partial charge in [0.1, 0.15) is 5.82 Å². The van der Waals surface area contributed by atoms with E-state index >= 15 is 0 Å². The number of hydrogen-bond acceptors (Lipinski definition) is 3. The summed E-state index contributed by atoms with van der Waals surface area (Å²) in [6.07, 6.45) is 2.52. The first-order valence-corrected chi connectivity index (χ1v) is 6.94. The van der Waals surface area contributed by atoms with E-state index in [0.29, 0.717) is 29.5 Å². The van der Waals surface area contributed by atoms with E-state index in [1.54, 1.807) is 12.1 Å². The van der Waals surface area contributed by atoms with Gasteiger partial charge in [-0.3, -0.25) is 4.79 Å². The topological polar surface area (TPSA) is 59.2 Å². The lowest BCUT2D eigenvalue weighted by molar-refractivity contribution is -0.131. The van der Waals surface area contributed by atoms with E-state index in [9.17, 15) is 4.79 Å². The lowest BCUT2D eigenvalue weighted by Gasteiger charge is -2.23. The fourth-order valence-electron chi connectivity index (χ4n) is 2.25. The van der Waals surface area contributed by atoms with Crippen LogP contribution in [0.2, 0.25) is 5.02 Å². The minimum Gasteiger partial charge on any atom is -0.384 e. The number of carbonyl (C=O) groups is 1. The number of amides is 1. The summed E-state index contributed by atoms with van der Waals surface area (Å²) in [4.78, 5) is 18.2. The van der Waals surface area contributed by atoms with E-state index in [0.717, 1.165) is 19.4 Å². The van der Waals surface area contributed by atoms with Crippen LogP contribution >= 0.6 is 11.6 Å². The Morgan fingerprint density at radius 2 is 2.16 bits per heavy atom. The van der Waals surface area contributed by atoms with Crippen molar-refractivity contribution in [2.45, 2.75) is 39.7 Å². The Bertz CT molecular complexity index is 488. The van der Waals surface area contributed by atoms with Crippen molar-refractivity contribution in [3.05, 3.63) is 22.8 Å². The van der Waals surface area contributed by atoms with Crippen molar-refractivity contribution in [2.75, 3.05) is 12.3 Å². The van der Waals surface area contributed by atoms with E-state index in [-0.39, 0.29) is 11.3 Å². The van der Waals surface area contributed by atoms with Crippen LogP contribution in [0.1, 0.15) is 38.8 Å². The number of rotatable bonds is 2. The Kier molecular flexibility index (Phi) is 3.99. The molecule has 19 heavy (non-hydrogen) atoms. The predicted molar refractivity (Wildman–Crippen MR) is 76.7 cm³/mol. The third-order valence-corrected chi connectivity index (χ3v) is 4.05. The molecule has 4 nitrogen and oxygen atoms in total. The molecule has 0 unspecified atom stereocenters. The fourth-order valence-corrected chi connectivity index (χ4v) is 2.42. The third-order valence-electron chi connectivity index (χ3n) is 3.71. The van der Waals surface area contributed by atoms with Crippen LogP contribution in [0.15, 0.2) is 12.1 Å². The van der Waals surface area contributed by atoms with Gasteiger partial charge < -0.3 is 10.6 Å². The molecule has 1 aliphatic heterocycles. The summed E-state index contributed by atoms with van der Waals surface area (Å²) in [5.41, 5.74) is 6.56. The van der Waals surface area contributed by atoms with Gasteiger partial charge in [0, 0.05) is 13.0 Å². The number of pyridine rings is 1. The van der Waals surface area contributed by atoms with Gasteiger partial charge in [-0.2, -0.15) is 0 Å². The summed E-state index contributed by atoms with van der Waals surface area (Å²) < 4.78 is 0. The maximum atomic E-state index is 12.1. The molecule has 0 spiro atoms. The van der Waals surface area contributed by atoms with Crippen LogP contribution in [0.25, 0.3) is 0 Å². The summed E-state index contributed by atoms with van der Waals surface area (Å²) in [5.74, 6) is 0.605. The first-order valence-electron chi connectivity index (χ1n) is 6.56. The molecular formula is C14H20ClN3O. The van der Waals surface area contributed by atoms with Gasteiger partial charge in [-0.1, -0.05) is 25.4 Å². The molecule has 0 radical (unpaired) electrons. The van der Waals surface area contributed by atoms with Crippen LogP contribution < -0.4 is 5.73 Å². The quantitative estimate of drug-likeness (QED) is 0.907. The molecule has 2 rings (SSSR count). The van der Waals surface area contributed by atoms with Crippen LogP contribution in [-0.2, 0) is 11.3 Å². The standard InChI is InChI=1S/C14H20ClN3O/c1-14(2)6-5-13(19)18(8-7-14)9-11-10(15)3-4-12(16)17-11/h3-4H,5-9H2,1-2H3,(H2,16,17). The molecule has 104 valence electrons. The fraction of sp³-hybridized carbons (Fsp3) is 0.571. The highest BCUT2D eigenvalue weighted by Crippen LogP contribution is 2.31. The second-order valence-corrected chi connectivity index (χ2v) is 6.30. The number of hydrogen-bond donors (Lipinski definition) is 1. The van der Waals surface area contributed by atoms with Crippen LogP contribution in [-0.4, -0.2) is 22.3 Å². The summed E-state index contributed by atoms with van der Waals surface area (Å²) in [5, 5.41) is 0.561. The van der Waals surface area contributed by atoms with Crippen LogP contribution in [0.3, 0.4) is 0 Å². The van der Waals surface area contributed by atoms with Crippen molar-refractivity contribution >= 4 is 23.3 Å². The lowest BCUT2D eigenvalue weighted by Crippen LogP contribution is -2.30. The highest BCUT2D eigenvalue weighted by molar-refractivity contribution is 6.31. The second-order valence-electron chi connectivity index (χ2n) is 5.89. The highest BCUT2D eigenvalue weighted by Gasteiger charge is 2.27. The Morgan fingerprint density at radius 1 is 1.42 bits per heavy atom. The first-order chi connectivity index (χ1) is 8.87. The number of nitrogen functional groups attached to an aromatic ring is 1. The highest BCUT2D eigenvalue weighted by atomic mass is 35.5. The Morgan fingerprint density at radius 3 is 2.89 bits per heavy atom. The van der Waals surface area contributed by atoms with Gasteiger partial charge in [0.15, 0.2) is 0 Å². The van der Waals surface area contributed by atoms with Gasteiger partial charge in [-0.05, 0) is 30.4 Å². The lowest BCUT2D eigenvalue weighted by atomic mass is 9.85. The number of nitrogens with zero attached hydrogens (tertiary/aromatic N) is 2. The van der Waals surface area contributed by atoms with E-state index in [4.69, 9.17) is 17.3 Å². The average molecular weight is 282 g/mol. The molecule has 0 bridgehead atoms. The molecule has 2 heterocycles. The van der Waals surface area contributed by atoms with Gasteiger partial charge in [-0.15, -0.1) is 0 Å². The molecule has 1 aromatic heterocycles. The summed E-state index contributed by atoms with van der Waals surface area (Å²) in [6.45, 7) is 5.60. The molecule has 2 N–H and O–H groups in total. The number of likely N-dealkylation sites (tertiary alicyclic amines) is 1. The maximum Gasteiger partial charge on any atom is 0.222 e. The molecule has 1 saturated heterocycles. The minimum atomic E-state index is 0.172. The van der Waals surface area contributed by atoms with Crippen LogP contribution in [0, 0.1) is 5.41 Å². The molecule has 0 saturated carbocycles. The van der Waals surface area contributed by atoms with Crippen molar-refractivity contribution in [1.82, 2.24) is 9.88 Å². The zero-order chi connectivity index (χ0) is 14.0. The normalized spacial score (nSPS) is 19.3. The van der Waals surface area contributed by atoms with E-state index < -0.39 is 0 Å². The van der Waals surface area contributed by atoms with Crippen LogP contribution in [0.4, 0.5) is 5.82 Å². The van der Waals surface area contributed by atoms with Crippen molar-refractivity contribution in [2.24, 2.45) is 5.41 Å². The summed E-state index contributed by atoms with van der Waals surface area (Å²) in [7, 11) is 0. The van der Waals surface area contributed by atoms with Crippen molar-refractivity contribution in [1.29, 1.82) is 0 Å². The molecule has 0 atom stereocenters. The molecule has 1 aromatic rings. The van der Waals surface area contributed by atoms with Crippen molar-refractivity contribution in [3.8, 4) is 0 Å². The second kappa shape index (κ2) is 5.37. The zero-order valence-corrected chi connectivity index (χ0v) is 12.2. The first kappa shape index (κ1) is 14.1. The summed E-state index contributed by atoms with van der Waals surface area (Å²) in [6, 6.07) is 3.39. The molecule has 0 aliphatic carbocycles. The van der Waals surface area contributed by atoms with Gasteiger partial charge in [0.2, 0.25) is 5.91 Å². The van der Waals surface area contributed by atoms with Gasteiger partial charge >= 0.3 is 0 Å². The SMILES string of the molecule is CC1(C)CCC(=O)N(Cc2nc(N)ccc2Cl)CC1. The predicted octanol–water partition coefficient (Wildman–Crippen LogP) is 2.86. The van der Waals surface area contributed by atoms with Gasteiger partial charge in [0.25, 0.3) is 0 Å². The molecule has 1 aliphatic rings. The number of anilines is 1. The summed E-state index contributed by atoms with van der Waals surface area (Å²) >= 11 is 6.10. The van der Waals surface area contributed by atoms with Crippen molar-refractivity contribution in [3.63, 3.8) is 0 Å². The number of halogens is 1. The molecule has 5 heteroatoms.